The number of carbonyl (C=O) groups is 1. The Morgan fingerprint density at radius 1 is 0.774 bits per heavy atom. The van der Waals surface area contributed by atoms with Crippen LogP contribution in [0.5, 0.6) is 0 Å². The van der Waals surface area contributed by atoms with Crippen molar-refractivity contribution in [1.29, 1.82) is 0 Å². The maximum Gasteiger partial charge on any atom is 0.340 e. The normalized spacial score (nSPS) is 14.3. The second kappa shape index (κ2) is 7.05. The summed E-state index contributed by atoms with van der Waals surface area (Å²) in [6, 6.07) is 13.7. The Morgan fingerprint density at radius 2 is 1.26 bits per heavy atom. The van der Waals surface area contributed by atoms with Crippen molar-refractivity contribution < 1.29 is 9.53 Å². The predicted molar refractivity (Wildman–Crippen MR) is 127 cm³/mol. The molecule has 1 aliphatic rings. The molecule has 0 saturated carbocycles. The molecule has 160 valence electrons. The molecule has 1 heterocycles. The number of hydrogen-bond donors (Lipinski definition) is 2. The summed E-state index contributed by atoms with van der Waals surface area (Å²) >= 11 is 0. The van der Waals surface area contributed by atoms with Gasteiger partial charge in [0.05, 0.1) is 5.56 Å². The lowest BCUT2D eigenvalue weighted by Gasteiger charge is -2.33. The van der Waals surface area contributed by atoms with Crippen molar-refractivity contribution in [2.75, 3.05) is 30.5 Å². The highest BCUT2D eigenvalue weighted by Crippen LogP contribution is 2.52. The summed E-state index contributed by atoms with van der Waals surface area (Å²) in [5, 5.41) is 0. The van der Waals surface area contributed by atoms with E-state index in [1.807, 2.05) is 89.2 Å². The first-order valence-corrected chi connectivity index (χ1v) is 10.4. The Labute approximate surface area is 183 Å². The minimum atomic E-state index is -1.21. The first-order chi connectivity index (χ1) is 14.6. The number of fused-ring (bicyclic) bond motifs is 1. The Balaban J connectivity index is 2.13. The van der Waals surface area contributed by atoms with Crippen molar-refractivity contribution in [2.45, 2.75) is 33.3 Å². The molecule has 0 spiro atoms. The molecule has 3 aromatic rings. The third kappa shape index (κ3) is 2.87. The molecule has 4 rings (SSSR count). The van der Waals surface area contributed by atoms with E-state index < -0.39 is 5.60 Å². The lowest BCUT2D eigenvalue weighted by Crippen LogP contribution is -2.32. The van der Waals surface area contributed by atoms with E-state index in [-0.39, 0.29) is 5.97 Å². The molecule has 0 fully saturated rings. The number of ether oxygens (including phenoxy) is 1. The van der Waals surface area contributed by atoms with Crippen LogP contribution in [-0.2, 0) is 10.3 Å². The van der Waals surface area contributed by atoms with Crippen LogP contribution in [0, 0.1) is 27.7 Å². The Morgan fingerprint density at radius 3 is 1.74 bits per heavy atom. The summed E-state index contributed by atoms with van der Waals surface area (Å²) in [5.74, 6) is -0.381. The number of nitrogens with zero attached hydrogens (tertiary/aromatic N) is 1. The number of esters is 1. The first kappa shape index (κ1) is 20.8. The highest BCUT2D eigenvalue weighted by atomic mass is 16.6. The summed E-state index contributed by atoms with van der Waals surface area (Å²) in [5.41, 5.74) is 21.1. The van der Waals surface area contributed by atoms with Crippen LogP contribution in [0.4, 0.5) is 17.1 Å². The largest absolute Gasteiger partial charge is 0.440 e. The predicted octanol–water partition coefficient (Wildman–Crippen LogP) is 4.61. The number of benzene rings is 3. The second-order valence-electron chi connectivity index (χ2n) is 8.63. The number of carbonyl (C=O) groups excluding carboxylic acids is 1. The number of cyclic esters (lactones) is 1. The number of nitrogens with two attached hydrogens (primary N) is 2. The summed E-state index contributed by atoms with van der Waals surface area (Å²) in [4.78, 5) is 15.2. The fraction of sp³-hybridized carbons (Fsp3) is 0.269. The van der Waals surface area contributed by atoms with E-state index in [4.69, 9.17) is 16.2 Å². The summed E-state index contributed by atoms with van der Waals surface area (Å²) in [6.07, 6.45) is 0. The second-order valence-corrected chi connectivity index (χ2v) is 8.63. The van der Waals surface area contributed by atoms with Gasteiger partial charge in [-0.2, -0.15) is 0 Å². The average molecular weight is 416 g/mol. The molecule has 31 heavy (non-hydrogen) atoms. The molecule has 0 radical (unpaired) electrons. The van der Waals surface area contributed by atoms with E-state index in [2.05, 4.69) is 0 Å². The maximum absolute atomic E-state index is 13.2. The molecule has 0 atom stereocenters. The van der Waals surface area contributed by atoms with Gasteiger partial charge in [0.1, 0.15) is 0 Å². The van der Waals surface area contributed by atoms with Crippen molar-refractivity contribution in [2.24, 2.45) is 0 Å². The minimum Gasteiger partial charge on any atom is -0.440 e. The Bertz CT molecular complexity index is 1170. The van der Waals surface area contributed by atoms with Gasteiger partial charge in [0, 0.05) is 47.8 Å². The van der Waals surface area contributed by atoms with Crippen molar-refractivity contribution in [3.63, 3.8) is 0 Å². The van der Waals surface area contributed by atoms with E-state index in [1.54, 1.807) is 0 Å². The van der Waals surface area contributed by atoms with E-state index in [9.17, 15) is 4.79 Å². The molecule has 0 bridgehead atoms. The number of nitrogen functional groups attached to an aromatic ring is 2. The van der Waals surface area contributed by atoms with Gasteiger partial charge in [-0.1, -0.05) is 30.3 Å². The number of anilines is 3. The Hall–Kier alpha value is -3.47. The highest BCUT2D eigenvalue weighted by molar-refractivity contribution is 5.98. The van der Waals surface area contributed by atoms with Gasteiger partial charge in [0.25, 0.3) is 0 Å². The lowest BCUT2D eigenvalue weighted by atomic mass is 9.76. The SMILES string of the molecule is Cc1ccc(C2(c3ccc(C)c(C)c3N)OC(=O)c3cc(N(C)C)ccc32)c(N)c1C. The van der Waals surface area contributed by atoms with Gasteiger partial charge >= 0.3 is 5.97 Å². The van der Waals surface area contributed by atoms with Gasteiger partial charge < -0.3 is 21.1 Å². The summed E-state index contributed by atoms with van der Waals surface area (Å²) < 4.78 is 6.26. The fourth-order valence-corrected chi connectivity index (χ4v) is 4.37. The monoisotopic (exact) mass is 415 g/mol. The van der Waals surface area contributed by atoms with Crippen LogP contribution in [0.3, 0.4) is 0 Å². The molecule has 0 amide bonds. The molecule has 5 nitrogen and oxygen atoms in total. The van der Waals surface area contributed by atoms with E-state index >= 15 is 0 Å². The molecule has 5 heteroatoms. The minimum absolute atomic E-state index is 0.381. The number of rotatable bonds is 3. The van der Waals surface area contributed by atoms with E-state index in [0.717, 1.165) is 44.6 Å². The van der Waals surface area contributed by atoms with Crippen molar-refractivity contribution in [3.05, 3.63) is 87.0 Å². The molecule has 0 aliphatic carbocycles. The molecular weight excluding hydrogens is 386 g/mol. The third-order valence-corrected chi connectivity index (χ3v) is 6.69. The number of hydrogen-bond acceptors (Lipinski definition) is 5. The van der Waals surface area contributed by atoms with Gasteiger partial charge in [0.2, 0.25) is 0 Å². The molecule has 1 aliphatic heterocycles. The highest BCUT2D eigenvalue weighted by Gasteiger charge is 2.51. The van der Waals surface area contributed by atoms with Crippen LogP contribution in [0.25, 0.3) is 0 Å². The van der Waals surface area contributed by atoms with Crippen LogP contribution < -0.4 is 16.4 Å². The molecule has 4 N–H and O–H groups in total. The van der Waals surface area contributed by atoms with Crippen molar-refractivity contribution in [3.8, 4) is 0 Å². The van der Waals surface area contributed by atoms with Crippen molar-refractivity contribution in [1.82, 2.24) is 0 Å². The molecule has 0 unspecified atom stereocenters. The average Bonchev–Trinajstić information content (AvgIpc) is 3.03. The van der Waals surface area contributed by atoms with Crippen LogP contribution in [-0.4, -0.2) is 20.1 Å². The first-order valence-electron chi connectivity index (χ1n) is 10.4. The smallest absolute Gasteiger partial charge is 0.340 e. The van der Waals surface area contributed by atoms with Gasteiger partial charge in [-0.05, 0) is 62.1 Å². The maximum atomic E-state index is 13.2. The van der Waals surface area contributed by atoms with E-state index in [0.29, 0.717) is 16.9 Å². The third-order valence-electron chi connectivity index (χ3n) is 6.69. The molecule has 0 aromatic heterocycles. The van der Waals surface area contributed by atoms with Gasteiger partial charge in [-0.25, -0.2) is 4.79 Å². The zero-order valence-corrected chi connectivity index (χ0v) is 19.0. The van der Waals surface area contributed by atoms with Crippen LogP contribution >= 0.6 is 0 Å². The standard InChI is InChI=1S/C26H29N3O2/c1-14-7-10-21(23(27)16(14)3)26(22-11-8-15(2)17(4)24(22)28)20-12-9-18(29(5)6)13-19(20)25(30)31-26/h7-13H,27-28H2,1-6H3. The zero-order valence-electron chi connectivity index (χ0n) is 19.0. The number of aryl methyl sites for hydroxylation is 2. The van der Waals surface area contributed by atoms with Crippen LogP contribution in [0.2, 0.25) is 0 Å². The quantitative estimate of drug-likeness (QED) is 0.482. The fourth-order valence-electron chi connectivity index (χ4n) is 4.37. The van der Waals surface area contributed by atoms with E-state index in [1.165, 1.54) is 0 Å². The topological polar surface area (TPSA) is 81.6 Å². The van der Waals surface area contributed by atoms with Crippen LogP contribution in [0.15, 0.2) is 42.5 Å². The molecule has 0 saturated heterocycles. The molecular formula is C26H29N3O2. The Kier molecular flexibility index (Phi) is 4.73. The zero-order chi connectivity index (χ0) is 22.7. The van der Waals surface area contributed by atoms with Gasteiger partial charge in [0.15, 0.2) is 5.60 Å². The van der Waals surface area contributed by atoms with Gasteiger partial charge in [-0.3, -0.25) is 0 Å². The van der Waals surface area contributed by atoms with Crippen molar-refractivity contribution >= 4 is 23.0 Å². The summed E-state index contributed by atoms with van der Waals surface area (Å²) in [6.45, 7) is 8.01. The van der Waals surface area contributed by atoms with Crippen LogP contribution in [0.1, 0.15) is 49.3 Å². The lowest BCUT2D eigenvalue weighted by molar-refractivity contribution is 0.0255. The summed E-state index contributed by atoms with van der Waals surface area (Å²) in [7, 11) is 3.88. The molecule has 3 aromatic carbocycles. The van der Waals surface area contributed by atoms with Gasteiger partial charge in [-0.15, -0.1) is 0 Å².